The number of amides is 1. The molecule has 18 N–H and O–H groups in total. The lowest BCUT2D eigenvalue weighted by atomic mass is 9.95. The van der Waals surface area contributed by atoms with Crippen molar-refractivity contribution in [2.45, 2.75) is 199 Å². The molecule has 0 spiro atoms. The molecule has 0 aliphatic carbocycles. The Bertz CT molecular complexity index is 6520. The van der Waals surface area contributed by atoms with Crippen LogP contribution in [0.3, 0.4) is 0 Å². The van der Waals surface area contributed by atoms with E-state index in [1.54, 1.807) is 63.1 Å². The fraction of sp³-hybridized carbons (Fsp3) is 0.438. The number of carbonyl (C=O) groups excluding carboxylic acids is 1. The number of rotatable bonds is 17. The van der Waals surface area contributed by atoms with Gasteiger partial charge in [-0.05, 0) is 73.1 Å². The number of hydrogen-bond acceptors (Lipinski definition) is 36. The van der Waals surface area contributed by atoms with Crippen LogP contribution in [0.5, 0.6) is 69.0 Å². The highest BCUT2D eigenvalue weighted by Crippen LogP contribution is 2.55. The first-order chi connectivity index (χ1) is 66.6. The van der Waals surface area contributed by atoms with Crippen LogP contribution < -0.4 is 118 Å². The van der Waals surface area contributed by atoms with E-state index in [-0.39, 0.29) is 107 Å². The van der Waals surface area contributed by atoms with Crippen molar-refractivity contribution in [3.63, 3.8) is 0 Å². The number of ether oxygens (including phenoxy) is 11. The summed E-state index contributed by atoms with van der Waals surface area (Å²) in [6.45, 7) is 45.4. The molecule has 6 aromatic carbocycles. The maximum Gasteiger partial charge on any atom is 0.223 e. The highest BCUT2D eigenvalue weighted by atomic mass is 127. The fourth-order valence-corrected chi connectivity index (χ4v) is 16.2. The van der Waals surface area contributed by atoms with Gasteiger partial charge in [0.05, 0.1) is 183 Å². The molecule has 12 aromatic rings. The van der Waals surface area contributed by atoms with E-state index in [1.807, 2.05) is 125 Å². The third-order valence-corrected chi connectivity index (χ3v) is 23.3. The zero-order chi connectivity index (χ0) is 110. The number of nitrogens with zero attached hydrogens (tertiary/aromatic N) is 13. The van der Waals surface area contributed by atoms with Gasteiger partial charge >= 0.3 is 0 Å². The predicted octanol–water partition coefficient (Wildman–Crippen LogP) is 21.1. The number of nitrogens with one attached hydrogen (secondary N) is 5. The summed E-state index contributed by atoms with van der Waals surface area (Å²) in [7, 11) is 17.6. The number of aromatic nitrogens is 12. The second-order valence-corrected chi connectivity index (χ2v) is 43.6. The second-order valence-electron chi connectivity index (χ2n) is 38.2. The van der Waals surface area contributed by atoms with Crippen molar-refractivity contribution in [3.8, 4) is 69.0 Å². The molecular weight excluding hydrogens is 2160 g/mol. The first-order valence-corrected chi connectivity index (χ1v) is 48.1. The van der Waals surface area contributed by atoms with Gasteiger partial charge in [-0.1, -0.05) is 197 Å². The van der Waals surface area contributed by atoms with E-state index in [4.69, 9.17) is 169 Å². The van der Waals surface area contributed by atoms with Crippen LogP contribution in [0, 0.1) is 21.0 Å². The van der Waals surface area contributed by atoms with E-state index in [9.17, 15) is 18.7 Å². The fourth-order valence-electron chi connectivity index (χ4n) is 13.9. The Balaban J connectivity index is 0.000000234. The first kappa shape index (κ1) is 119. The van der Waals surface area contributed by atoms with E-state index in [0.29, 0.717) is 182 Å². The van der Waals surface area contributed by atoms with Gasteiger partial charge in [0.1, 0.15) is 103 Å². The summed E-state index contributed by atoms with van der Waals surface area (Å²) in [4.78, 5) is 69.1. The average Bonchev–Trinajstić information content (AvgIpc) is 0.730. The average molecular weight is 2280 g/mol. The monoisotopic (exact) mass is 2280 g/mol. The van der Waals surface area contributed by atoms with Crippen LogP contribution in [0.4, 0.5) is 82.2 Å². The Labute approximate surface area is 888 Å². The van der Waals surface area contributed by atoms with E-state index in [2.05, 4.69) is 115 Å². The zero-order valence-corrected chi connectivity index (χ0v) is 96.0. The smallest absolute Gasteiger partial charge is 0.223 e. The number of phenols is 1. The van der Waals surface area contributed by atoms with Gasteiger partial charge in [-0.2, -0.15) is 0 Å². The topological polar surface area (TPSA) is 513 Å². The highest BCUT2D eigenvalue weighted by molar-refractivity contribution is 14.1. The summed E-state index contributed by atoms with van der Waals surface area (Å²) < 4.78 is 105. The van der Waals surface area contributed by atoms with Gasteiger partial charge in [-0.25, -0.2) is 73.0 Å². The third-order valence-electron chi connectivity index (χ3n) is 20.7. The summed E-state index contributed by atoms with van der Waals surface area (Å²) in [5, 5.41) is 28.1. The molecule has 0 aliphatic rings. The number of halogens is 6. The molecule has 6 aromatic heterocycles. The number of fused-ring (bicyclic) bond motifs is 6. The van der Waals surface area contributed by atoms with Crippen LogP contribution in [-0.2, 0) is 37.3 Å². The van der Waals surface area contributed by atoms with Crippen molar-refractivity contribution in [2.75, 3.05) is 151 Å². The van der Waals surface area contributed by atoms with Gasteiger partial charge in [-0.3, -0.25) is 4.79 Å². The van der Waals surface area contributed by atoms with E-state index in [0.717, 1.165) is 3.57 Å². The lowest BCUT2D eigenvalue weighted by Gasteiger charge is -2.24. The maximum absolute atomic E-state index is 15.1. The SMILES string of the molecule is COc1c(O)c(F)c2nc(C(C)(C)C)nc(N)c2c1NC(C)=S.COc1c(OC)c(N(C)C(C)=O)c2c(N)nc(C(C)(C)C)nc2c1F.COc1c(OC)c(NC(C)=S)c2c(N)nc(C(C)(C)C)nc2c1Br.COc1c(OC)c(NC(C)=S)c2c(N)nc(C(C)(C)C)nc2c1Cl.COc1c(OC)c(NC(C)=S)c2c(N)nc(C(C)(C)C)nc2c1F.COc1c(OC)c(NC(C)=S)c2c(N)nc(C(C)(C)C)nc2c1I. The van der Waals surface area contributed by atoms with Crippen molar-refractivity contribution in [1.82, 2.24) is 59.8 Å². The van der Waals surface area contributed by atoms with Crippen LogP contribution in [0.15, 0.2) is 4.47 Å². The van der Waals surface area contributed by atoms with Crippen LogP contribution in [-0.4, -0.2) is 181 Å². The Morgan fingerprint density at radius 3 is 0.826 bits per heavy atom. The van der Waals surface area contributed by atoms with Crippen LogP contribution >= 0.6 is 111 Å². The lowest BCUT2D eigenvalue weighted by Crippen LogP contribution is -2.25. The van der Waals surface area contributed by atoms with Crippen LogP contribution in [0.1, 0.15) is 201 Å². The molecule has 144 heavy (non-hydrogen) atoms. The van der Waals surface area contributed by atoms with E-state index >= 15 is 4.39 Å². The number of thiocarbonyl (C=S) groups is 5. The molecule has 37 nitrogen and oxygen atoms in total. The normalized spacial score (nSPS) is 11.5. The van der Waals surface area contributed by atoms with Gasteiger partial charge in [0.25, 0.3) is 0 Å². The minimum atomic E-state index is -0.913. The molecule has 0 fully saturated rings. The van der Waals surface area contributed by atoms with Gasteiger partial charge in [0.2, 0.25) is 17.4 Å². The Kier molecular flexibility index (Phi) is 38.8. The molecule has 0 saturated carbocycles. The predicted molar refractivity (Wildman–Crippen MR) is 603 cm³/mol. The Morgan fingerprint density at radius 1 is 0.326 bits per heavy atom. The van der Waals surface area contributed by atoms with Gasteiger partial charge in [0, 0.05) is 46.5 Å². The van der Waals surface area contributed by atoms with Gasteiger partial charge in [0.15, 0.2) is 74.9 Å². The lowest BCUT2D eigenvalue weighted by molar-refractivity contribution is -0.116. The number of hydrogen-bond donors (Lipinski definition) is 12. The number of benzene rings is 6. The van der Waals surface area contributed by atoms with Gasteiger partial charge in [-0.15, -0.1) is 0 Å². The summed E-state index contributed by atoms with van der Waals surface area (Å²) in [6.07, 6.45) is 0. The third kappa shape index (κ3) is 25.7. The number of nitrogens with two attached hydrogens (primary N) is 6. The minimum Gasteiger partial charge on any atom is -0.502 e. The highest BCUT2D eigenvalue weighted by Gasteiger charge is 2.37. The molecular formula is C96H126BrClF3IN24O13S5. The van der Waals surface area contributed by atoms with Crippen molar-refractivity contribution < 1.29 is 75.2 Å². The largest absolute Gasteiger partial charge is 0.502 e. The second kappa shape index (κ2) is 47.0. The molecule has 780 valence electrons. The molecule has 0 unspecified atom stereocenters. The number of nitrogen functional groups attached to an aromatic ring is 6. The molecule has 48 heteroatoms. The molecule has 0 atom stereocenters. The number of phenolic OH excluding ortho intramolecular Hbond substituents is 1. The minimum absolute atomic E-state index is 0.0156. The van der Waals surface area contributed by atoms with E-state index in [1.165, 1.54) is 68.6 Å². The Hall–Kier alpha value is -12.0. The summed E-state index contributed by atoms with van der Waals surface area (Å²) >= 11 is 37.9. The van der Waals surface area contributed by atoms with Crippen LogP contribution in [0.25, 0.3) is 65.4 Å². The van der Waals surface area contributed by atoms with Crippen molar-refractivity contribution >= 4 is 277 Å². The summed E-state index contributed by atoms with van der Waals surface area (Å²) in [5.41, 5.74) is 39.5. The van der Waals surface area contributed by atoms with Crippen molar-refractivity contribution in [2.24, 2.45) is 0 Å². The molecule has 0 radical (unpaired) electrons. The standard InChI is InChI=1S/C17H23FN4O3.C16H21BrN4O2S.C16H21ClN4O2S.C16H21FN4O2S.C16H21IN4O2S.C15H19FN4O2S/c1-8(23)22(5)12-9-11(10(18)13(24-6)14(12)25-7)20-16(17(2,3)4)21-15(9)19;4*1-7(24)19-11-8-10(9(17)12(22-5)13(11)23-6)20-15(16(2,3)4)21-14(8)18;1-6(23)18-10-7-9(8(16)11(21)12(10)22-5)19-14(15(2,3)4)20-13(7)17/h1-7H3,(H2,19,20,21);4*1-6H3,(H,19,24)(H2,18,20,21);21H,1-5H3,(H,18,23)(H2,17,19,20). The van der Waals surface area contributed by atoms with Gasteiger partial charge < -0.3 is 123 Å². The Morgan fingerprint density at radius 2 is 0.542 bits per heavy atom. The van der Waals surface area contributed by atoms with E-state index < -0.39 is 39.4 Å². The van der Waals surface area contributed by atoms with Crippen molar-refractivity contribution in [1.29, 1.82) is 0 Å². The van der Waals surface area contributed by atoms with Crippen LogP contribution in [0.2, 0.25) is 5.02 Å². The molecule has 0 bridgehead atoms. The number of carbonyl (C=O) groups is 1. The number of methoxy groups -OCH3 is 11. The molecule has 1 amide bonds. The zero-order valence-electron chi connectivity index (χ0n) is 87.4. The van der Waals surface area contributed by atoms with Crippen molar-refractivity contribution in [3.05, 3.63) is 65.5 Å². The summed E-state index contributed by atoms with van der Waals surface area (Å²) in [5.74, 6) is 3.98. The quantitative estimate of drug-likeness (QED) is 0.0297. The molecule has 0 aliphatic heterocycles. The first-order valence-electron chi connectivity index (χ1n) is 43.8. The number of aromatic hydroxyl groups is 1. The molecule has 12 rings (SSSR count). The molecule has 6 heterocycles. The summed E-state index contributed by atoms with van der Waals surface area (Å²) in [6, 6.07) is 0. The number of anilines is 12. The maximum atomic E-state index is 15.1. The molecule has 0 saturated heterocycles.